The van der Waals surface area contributed by atoms with Crippen molar-refractivity contribution in [3.05, 3.63) is 0 Å². The maximum Gasteiger partial charge on any atom is 0.222 e. The molecule has 3 aliphatic carbocycles. The zero-order valence-corrected chi connectivity index (χ0v) is 18.6. The van der Waals surface area contributed by atoms with Gasteiger partial charge in [0.15, 0.2) is 0 Å². The Bertz CT molecular complexity index is 634. The van der Waals surface area contributed by atoms with E-state index in [1.165, 1.54) is 38.5 Å². The van der Waals surface area contributed by atoms with Gasteiger partial charge in [0.2, 0.25) is 12.3 Å². The number of amides is 2. The van der Waals surface area contributed by atoms with Crippen LogP contribution in [-0.4, -0.2) is 47.8 Å². The van der Waals surface area contributed by atoms with Crippen LogP contribution < -0.4 is 0 Å². The van der Waals surface area contributed by atoms with E-state index in [9.17, 15) is 9.59 Å². The minimum absolute atomic E-state index is 0.274. The molecule has 2 unspecified atom stereocenters. The van der Waals surface area contributed by atoms with Crippen molar-refractivity contribution in [1.82, 2.24) is 9.80 Å². The van der Waals surface area contributed by atoms with E-state index in [1.807, 2.05) is 7.05 Å². The third kappa shape index (κ3) is 2.84. The summed E-state index contributed by atoms with van der Waals surface area (Å²) in [6.07, 6.45) is 10.3. The summed E-state index contributed by atoms with van der Waals surface area (Å²) in [6.45, 7) is 10.3. The first-order valence-corrected chi connectivity index (χ1v) is 11.7. The van der Waals surface area contributed by atoms with Crippen molar-refractivity contribution < 1.29 is 9.59 Å². The lowest BCUT2D eigenvalue weighted by atomic mass is 9.47. The van der Waals surface area contributed by atoms with Crippen LogP contribution in [0.4, 0.5) is 0 Å². The van der Waals surface area contributed by atoms with Crippen LogP contribution in [0.3, 0.4) is 0 Å². The van der Waals surface area contributed by atoms with Gasteiger partial charge in [0.05, 0.1) is 0 Å². The van der Waals surface area contributed by atoms with E-state index in [1.54, 1.807) is 0 Å². The van der Waals surface area contributed by atoms with Crippen LogP contribution in [0.25, 0.3) is 0 Å². The van der Waals surface area contributed by atoms with Crippen molar-refractivity contribution in [2.24, 2.45) is 34.5 Å². The third-order valence-corrected chi connectivity index (χ3v) is 9.62. The van der Waals surface area contributed by atoms with Crippen LogP contribution >= 0.6 is 0 Å². The highest BCUT2D eigenvalue weighted by Crippen LogP contribution is 2.65. The van der Waals surface area contributed by atoms with E-state index in [0.29, 0.717) is 23.9 Å². The molecule has 28 heavy (non-hydrogen) atoms. The van der Waals surface area contributed by atoms with Gasteiger partial charge in [-0.3, -0.25) is 9.59 Å². The van der Waals surface area contributed by atoms with Gasteiger partial charge >= 0.3 is 0 Å². The summed E-state index contributed by atoms with van der Waals surface area (Å²) in [5.41, 5.74) is 0.559. The van der Waals surface area contributed by atoms with Gasteiger partial charge in [-0.15, -0.1) is 0 Å². The van der Waals surface area contributed by atoms with E-state index in [-0.39, 0.29) is 10.8 Å². The Morgan fingerprint density at radius 2 is 1.79 bits per heavy atom. The third-order valence-electron chi connectivity index (χ3n) is 9.62. The van der Waals surface area contributed by atoms with Crippen molar-refractivity contribution in [3.63, 3.8) is 0 Å². The predicted octanol–water partition coefficient (Wildman–Crippen LogP) is 4.33. The molecule has 1 aliphatic heterocycles. The Morgan fingerprint density at radius 3 is 2.46 bits per heavy atom. The summed E-state index contributed by atoms with van der Waals surface area (Å²) in [6, 6.07) is 0.850. The second kappa shape index (κ2) is 7.02. The number of carbonyl (C=O) groups is 2. The van der Waals surface area contributed by atoms with Crippen LogP contribution in [0.15, 0.2) is 0 Å². The summed E-state index contributed by atoms with van der Waals surface area (Å²) >= 11 is 0. The highest BCUT2D eigenvalue weighted by atomic mass is 16.2. The Hall–Kier alpha value is -1.06. The molecule has 0 N–H and O–H groups in total. The fourth-order valence-corrected chi connectivity index (χ4v) is 8.33. The Labute approximate surface area is 171 Å². The molecule has 0 bridgehead atoms. The molecule has 0 spiro atoms. The van der Waals surface area contributed by atoms with Gasteiger partial charge in [0.25, 0.3) is 0 Å². The lowest BCUT2D eigenvalue weighted by Crippen LogP contribution is -2.62. The molecule has 4 nitrogen and oxygen atoms in total. The molecular formula is C24H40N2O2. The Morgan fingerprint density at radius 1 is 1.07 bits per heavy atom. The van der Waals surface area contributed by atoms with Gasteiger partial charge < -0.3 is 9.80 Å². The first-order valence-electron chi connectivity index (χ1n) is 11.7. The highest BCUT2D eigenvalue weighted by molar-refractivity contribution is 5.77. The van der Waals surface area contributed by atoms with Gasteiger partial charge in [-0.05, 0) is 79.4 Å². The first kappa shape index (κ1) is 20.2. The van der Waals surface area contributed by atoms with Crippen LogP contribution in [0.5, 0.6) is 0 Å². The maximum absolute atomic E-state index is 12.3. The molecule has 7 atom stereocenters. The number of piperidine rings is 1. The Kier molecular flexibility index (Phi) is 5.07. The normalized spacial score (nSPS) is 45.4. The second-order valence-corrected chi connectivity index (χ2v) is 11.3. The Balaban J connectivity index is 1.58. The smallest absolute Gasteiger partial charge is 0.222 e. The molecule has 0 aromatic heterocycles. The largest absolute Gasteiger partial charge is 0.342 e. The number of hydrogen-bond donors (Lipinski definition) is 0. The second-order valence-electron chi connectivity index (χ2n) is 11.3. The van der Waals surface area contributed by atoms with Crippen LogP contribution in [0, 0.1) is 34.5 Å². The zero-order chi connectivity index (χ0) is 20.3. The summed E-state index contributed by atoms with van der Waals surface area (Å²) in [7, 11) is 2.04. The van der Waals surface area contributed by atoms with Gasteiger partial charge in [-0.25, -0.2) is 0 Å². The molecule has 1 heterocycles. The lowest BCUT2D eigenvalue weighted by molar-refractivity contribution is -0.159. The molecule has 4 heteroatoms. The van der Waals surface area contributed by atoms with Crippen LogP contribution in [0.1, 0.15) is 79.1 Å². The maximum atomic E-state index is 12.3. The number of likely N-dealkylation sites (tertiary alicyclic amines) is 1. The van der Waals surface area contributed by atoms with Crippen molar-refractivity contribution in [3.8, 4) is 0 Å². The molecule has 1 saturated heterocycles. The van der Waals surface area contributed by atoms with Crippen molar-refractivity contribution >= 4 is 12.3 Å². The quantitative estimate of drug-likeness (QED) is 0.673. The average Bonchev–Trinajstić information content (AvgIpc) is 3.00. The number of hydrogen-bond acceptors (Lipinski definition) is 2. The van der Waals surface area contributed by atoms with Gasteiger partial charge in [0, 0.05) is 32.1 Å². The summed E-state index contributed by atoms with van der Waals surface area (Å²) in [5.74, 6) is 3.13. The number of rotatable bonds is 4. The van der Waals surface area contributed by atoms with Crippen molar-refractivity contribution in [2.45, 2.75) is 91.1 Å². The highest BCUT2D eigenvalue weighted by Gasteiger charge is 2.61. The molecule has 2 amide bonds. The van der Waals surface area contributed by atoms with Crippen molar-refractivity contribution in [2.75, 3.05) is 13.6 Å². The summed E-state index contributed by atoms with van der Waals surface area (Å²) in [4.78, 5) is 28.5. The molecule has 0 aromatic carbocycles. The molecule has 3 saturated carbocycles. The summed E-state index contributed by atoms with van der Waals surface area (Å²) in [5, 5.41) is 0. The van der Waals surface area contributed by atoms with Crippen LogP contribution in [-0.2, 0) is 9.59 Å². The van der Waals surface area contributed by atoms with E-state index in [4.69, 9.17) is 0 Å². The fraction of sp³-hybridized carbons (Fsp3) is 0.917. The predicted molar refractivity (Wildman–Crippen MR) is 112 cm³/mol. The van der Waals surface area contributed by atoms with E-state index < -0.39 is 0 Å². The minimum Gasteiger partial charge on any atom is -0.342 e. The standard InChI is InChI=1S/C24H40N2O2/c1-16(2)14-26(15-27)21-9-7-18-17-6-8-20-23(3,13-11-22(28)25(20)5)19(17)10-12-24(18,21)4/h15-21H,6-14H2,1-5H3/t17-,18-,19+,20?,21?,23+,24-/m0/s1. The molecule has 4 aliphatic rings. The van der Waals surface area contributed by atoms with Gasteiger partial charge in [0.1, 0.15) is 0 Å². The monoisotopic (exact) mass is 388 g/mol. The van der Waals surface area contributed by atoms with E-state index >= 15 is 0 Å². The van der Waals surface area contributed by atoms with Crippen molar-refractivity contribution in [1.29, 1.82) is 0 Å². The number of fused-ring (bicyclic) bond motifs is 5. The first-order chi connectivity index (χ1) is 13.2. The molecule has 4 fully saturated rings. The molecule has 0 radical (unpaired) electrons. The SMILES string of the molecule is CC(C)CN(C=O)C1CC[C@H]2[C@@H]3CCC4N(C)C(=O)CC[C@]4(C)[C@@H]3CC[C@]12C. The topological polar surface area (TPSA) is 40.6 Å². The minimum atomic E-state index is 0.274. The van der Waals surface area contributed by atoms with Gasteiger partial charge in [-0.2, -0.15) is 0 Å². The van der Waals surface area contributed by atoms with E-state index in [0.717, 1.165) is 43.6 Å². The number of nitrogens with zero attached hydrogens (tertiary/aromatic N) is 2. The lowest BCUT2D eigenvalue weighted by Gasteiger charge is -2.62. The summed E-state index contributed by atoms with van der Waals surface area (Å²) < 4.78 is 0. The fourth-order valence-electron chi connectivity index (χ4n) is 8.33. The molecular weight excluding hydrogens is 348 g/mol. The molecule has 4 rings (SSSR count). The van der Waals surface area contributed by atoms with E-state index in [2.05, 4.69) is 37.5 Å². The zero-order valence-electron chi connectivity index (χ0n) is 18.6. The number of carbonyl (C=O) groups excluding carboxylic acids is 2. The van der Waals surface area contributed by atoms with Gasteiger partial charge in [-0.1, -0.05) is 27.7 Å². The average molecular weight is 389 g/mol. The molecule has 0 aromatic rings. The van der Waals surface area contributed by atoms with Crippen LogP contribution in [0.2, 0.25) is 0 Å². The molecule has 158 valence electrons.